The zero-order valence-electron chi connectivity index (χ0n) is 11.8. The number of aromatic nitrogens is 1. The number of nitrogens with zero attached hydrogens (tertiary/aromatic N) is 1. The molecule has 1 atom stereocenters. The molecule has 1 aromatic heterocycles. The average Bonchev–Trinajstić information content (AvgIpc) is 2.48. The smallest absolute Gasteiger partial charge is 0.224 e. The Hall–Kier alpha value is -2.40. The van der Waals surface area contributed by atoms with Gasteiger partial charge in [0.2, 0.25) is 11.8 Å². The minimum atomic E-state index is -0.0610. The summed E-state index contributed by atoms with van der Waals surface area (Å²) in [5.74, 6) is 1.28. The van der Waals surface area contributed by atoms with E-state index in [9.17, 15) is 4.79 Å². The molecular weight excluding hydrogens is 266 g/mol. The molecule has 2 aromatic rings. The second kappa shape index (κ2) is 5.54. The molecule has 0 saturated heterocycles. The van der Waals surface area contributed by atoms with E-state index in [4.69, 9.17) is 10.5 Å². The molecule has 21 heavy (non-hydrogen) atoms. The van der Waals surface area contributed by atoms with Crippen LogP contribution in [0.1, 0.15) is 30.5 Å². The van der Waals surface area contributed by atoms with Gasteiger partial charge in [0.1, 0.15) is 5.75 Å². The van der Waals surface area contributed by atoms with Crippen LogP contribution < -0.4 is 15.8 Å². The van der Waals surface area contributed by atoms with Gasteiger partial charge in [-0.15, -0.1) is 0 Å². The standard InChI is InChI=1S/C16H17N3O2/c1-10(17)11-6-7-18-16(9-11)21-13-3-4-14-12(8-13)2-5-15(20)19-14/h3-4,6-10H,2,5,17H2,1H3,(H,19,20). The first-order valence-electron chi connectivity index (χ1n) is 6.94. The lowest BCUT2D eigenvalue weighted by Gasteiger charge is -2.17. The van der Waals surface area contributed by atoms with E-state index in [1.165, 1.54) is 0 Å². The third-order valence-electron chi connectivity index (χ3n) is 3.48. The molecule has 0 aliphatic carbocycles. The molecule has 2 heterocycles. The Kier molecular flexibility index (Phi) is 3.58. The van der Waals surface area contributed by atoms with Crippen molar-refractivity contribution < 1.29 is 9.53 Å². The fourth-order valence-electron chi connectivity index (χ4n) is 2.31. The number of nitrogens with two attached hydrogens (primary N) is 1. The van der Waals surface area contributed by atoms with E-state index in [1.807, 2.05) is 37.3 Å². The number of carbonyl (C=O) groups excluding carboxylic acids is 1. The Morgan fingerprint density at radius 1 is 1.29 bits per heavy atom. The van der Waals surface area contributed by atoms with E-state index in [0.29, 0.717) is 18.1 Å². The van der Waals surface area contributed by atoms with Gasteiger partial charge in [-0.1, -0.05) is 0 Å². The summed E-state index contributed by atoms with van der Waals surface area (Å²) in [6.45, 7) is 1.92. The van der Waals surface area contributed by atoms with Crippen LogP contribution in [0.25, 0.3) is 0 Å². The second-order valence-corrected chi connectivity index (χ2v) is 5.19. The molecule has 1 aliphatic heterocycles. The van der Waals surface area contributed by atoms with E-state index in [2.05, 4.69) is 10.3 Å². The van der Waals surface area contributed by atoms with Crippen LogP contribution in [0.5, 0.6) is 11.6 Å². The van der Waals surface area contributed by atoms with E-state index < -0.39 is 0 Å². The van der Waals surface area contributed by atoms with E-state index >= 15 is 0 Å². The van der Waals surface area contributed by atoms with Gasteiger partial charge in [-0.05, 0) is 48.7 Å². The molecular formula is C16H17N3O2. The summed E-state index contributed by atoms with van der Waals surface area (Å²) in [5, 5.41) is 2.85. The Bertz CT molecular complexity index is 683. The zero-order valence-corrected chi connectivity index (χ0v) is 11.8. The number of ether oxygens (including phenoxy) is 1. The number of rotatable bonds is 3. The second-order valence-electron chi connectivity index (χ2n) is 5.19. The van der Waals surface area contributed by atoms with Gasteiger partial charge in [-0.25, -0.2) is 4.98 Å². The van der Waals surface area contributed by atoms with Crippen molar-refractivity contribution in [2.45, 2.75) is 25.8 Å². The summed E-state index contributed by atoms with van der Waals surface area (Å²) in [5.41, 5.74) is 8.77. The maximum absolute atomic E-state index is 11.3. The normalized spacial score (nSPS) is 15.0. The first-order chi connectivity index (χ1) is 10.1. The van der Waals surface area contributed by atoms with Gasteiger partial charge in [0.05, 0.1) is 0 Å². The predicted octanol–water partition coefficient (Wildman–Crippen LogP) is 2.78. The lowest BCUT2D eigenvalue weighted by molar-refractivity contribution is -0.116. The van der Waals surface area contributed by atoms with Crippen LogP contribution >= 0.6 is 0 Å². The van der Waals surface area contributed by atoms with E-state index in [1.54, 1.807) is 6.20 Å². The molecule has 0 saturated carbocycles. The Balaban J connectivity index is 1.82. The molecule has 1 aromatic carbocycles. The number of benzene rings is 1. The number of nitrogens with one attached hydrogen (secondary N) is 1. The van der Waals surface area contributed by atoms with Crippen LogP contribution in [0.3, 0.4) is 0 Å². The molecule has 3 N–H and O–H groups in total. The van der Waals surface area contributed by atoms with Crippen LogP contribution in [-0.4, -0.2) is 10.9 Å². The third kappa shape index (κ3) is 3.03. The van der Waals surface area contributed by atoms with Crippen LogP contribution in [0.2, 0.25) is 0 Å². The first kappa shape index (κ1) is 13.6. The molecule has 0 fully saturated rings. The van der Waals surface area contributed by atoms with Crippen LogP contribution in [-0.2, 0) is 11.2 Å². The topological polar surface area (TPSA) is 77.2 Å². The van der Waals surface area contributed by atoms with Crippen LogP contribution in [0.15, 0.2) is 36.5 Å². The number of hydrogen-bond acceptors (Lipinski definition) is 4. The van der Waals surface area contributed by atoms with Crippen molar-refractivity contribution in [1.82, 2.24) is 4.98 Å². The summed E-state index contributed by atoms with van der Waals surface area (Å²) < 4.78 is 5.78. The van der Waals surface area contributed by atoms with Crippen molar-refractivity contribution in [3.8, 4) is 11.6 Å². The number of aryl methyl sites for hydroxylation is 1. The van der Waals surface area contributed by atoms with E-state index in [-0.39, 0.29) is 11.9 Å². The highest BCUT2D eigenvalue weighted by Crippen LogP contribution is 2.29. The van der Waals surface area contributed by atoms with Crippen molar-refractivity contribution in [3.63, 3.8) is 0 Å². The maximum atomic E-state index is 11.3. The van der Waals surface area contributed by atoms with Crippen molar-refractivity contribution >= 4 is 11.6 Å². The molecule has 0 radical (unpaired) electrons. The van der Waals surface area contributed by atoms with Gasteiger partial charge in [0.25, 0.3) is 0 Å². The molecule has 1 unspecified atom stereocenters. The maximum Gasteiger partial charge on any atom is 0.224 e. The summed E-state index contributed by atoms with van der Waals surface area (Å²) in [6, 6.07) is 9.27. The number of fused-ring (bicyclic) bond motifs is 1. The van der Waals surface area contributed by atoms with Crippen molar-refractivity contribution in [3.05, 3.63) is 47.7 Å². The SMILES string of the molecule is CC(N)c1ccnc(Oc2ccc3c(c2)CCC(=O)N3)c1. The van der Waals surface area contributed by atoms with Crippen LogP contribution in [0, 0.1) is 0 Å². The monoisotopic (exact) mass is 283 g/mol. The minimum Gasteiger partial charge on any atom is -0.439 e. The molecule has 3 rings (SSSR count). The van der Waals surface area contributed by atoms with Crippen LogP contribution in [0.4, 0.5) is 5.69 Å². The van der Waals surface area contributed by atoms with Crippen molar-refractivity contribution in [2.24, 2.45) is 5.73 Å². The van der Waals surface area contributed by atoms with Gasteiger partial charge in [0, 0.05) is 30.4 Å². The number of amides is 1. The molecule has 108 valence electrons. The number of hydrogen-bond donors (Lipinski definition) is 2. The Morgan fingerprint density at radius 3 is 2.95 bits per heavy atom. The summed E-state index contributed by atoms with van der Waals surface area (Å²) >= 11 is 0. The average molecular weight is 283 g/mol. The largest absolute Gasteiger partial charge is 0.439 e. The number of carbonyl (C=O) groups is 1. The zero-order chi connectivity index (χ0) is 14.8. The van der Waals surface area contributed by atoms with Gasteiger partial charge >= 0.3 is 0 Å². The lowest BCUT2D eigenvalue weighted by atomic mass is 10.0. The molecule has 5 nitrogen and oxygen atoms in total. The van der Waals surface area contributed by atoms with Gasteiger partial charge < -0.3 is 15.8 Å². The van der Waals surface area contributed by atoms with Crippen molar-refractivity contribution in [1.29, 1.82) is 0 Å². The van der Waals surface area contributed by atoms with Gasteiger partial charge in [0.15, 0.2) is 0 Å². The lowest BCUT2D eigenvalue weighted by Crippen LogP contribution is -2.18. The van der Waals surface area contributed by atoms with Gasteiger partial charge in [-0.2, -0.15) is 0 Å². The Morgan fingerprint density at radius 2 is 2.14 bits per heavy atom. The minimum absolute atomic E-state index is 0.0578. The third-order valence-corrected chi connectivity index (χ3v) is 3.48. The molecule has 5 heteroatoms. The predicted molar refractivity (Wildman–Crippen MR) is 80.3 cm³/mol. The summed E-state index contributed by atoms with van der Waals surface area (Å²) in [7, 11) is 0. The highest BCUT2D eigenvalue weighted by atomic mass is 16.5. The molecule has 1 amide bonds. The number of pyridine rings is 1. The van der Waals surface area contributed by atoms with E-state index in [0.717, 1.165) is 23.2 Å². The highest BCUT2D eigenvalue weighted by Gasteiger charge is 2.15. The highest BCUT2D eigenvalue weighted by molar-refractivity contribution is 5.94. The molecule has 0 spiro atoms. The quantitative estimate of drug-likeness (QED) is 0.908. The number of anilines is 1. The summed E-state index contributed by atoms with van der Waals surface area (Å²) in [4.78, 5) is 15.5. The Labute approximate surface area is 123 Å². The first-order valence-corrected chi connectivity index (χ1v) is 6.94. The molecule has 1 aliphatic rings. The fourth-order valence-corrected chi connectivity index (χ4v) is 2.31. The van der Waals surface area contributed by atoms with Gasteiger partial charge in [-0.3, -0.25) is 4.79 Å². The van der Waals surface area contributed by atoms with Crippen molar-refractivity contribution in [2.75, 3.05) is 5.32 Å². The fraction of sp³-hybridized carbons (Fsp3) is 0.250. The molecule has 0 bridgehead atoms. The summed E-state index contributed by atoms with van der Waals surface area (Å²) in [6.07, 6.45) is 2.92.